The number of alkyl halides is 1. The van der Waals surface area contributed by atoms with Crippen LogP contribution < -0.4 is 10.1 Å². The fourth-order valence-electron chi connectivity index (χ4n) is 5.02. The van der Waals surface area contributed by atoms with Crippen molar-refractivity contribution in [3.63, 3.8) is 0 Å². The number of amides is 1. The number of carbonyl (C=O) groups is 1. The standard InChI is InChI=1S/C25H30ClF2N5O2/c1-3-18-10-19(8-15(2)33(18)7-6-27)35-23-9-17(28)4-5-20(23)25(34)32-13-21(22(29)14-32)24-30-11-16(26)12-31-24/h4-5,9,11-12,15,18-19,29-30H,3,6-8,10,13-14H2,1-2H3/b24-21+,29-22?. The number of nitrogens with zero attached hydrogens (tertiary/aromatic N) is 3. The predicted octanol–water partition coefficient (Wildman–Crippen LogP) is 4.25. The van der Waals surface area contributed by atoms with Gasteiger partial charge in [-0.25, -0.2) is 13.8 Å². The summed E-state index contributed by atoms with van der Waals surface area (Å²) >= 11 is 5.89. The van der Waals surface area contributed by atoms with E-state index in [2.05, 4.69) is 22.1 Å². The third-order valence-corrected chi connectivity index (χ3v) is 6.96. The molecular weight excluding hydrogens is 476 g/mol. The maximum Gasteiger partial charge on any atom is 0.258 e. The lowest BCUT2D eigenvalue weighted by Gasteiger charge is -2.43. The maximum absolute atomic E-state index is 14.2. The summed E-state index contributed by atoms with van der Waals surface area (Å²) in [7, 11) is 0. The number of benzene rings is 1. The minimum Gasteiger partial charge on any atom is -0.489 e. The van der Waals surface area contributed by atoms with Crippen molar-refractivity contribution in [2.45, 2.75) is 51.3 Å². The van der Waals surface area contributed by atoms with Crippen LogP contribution in [0.15, 0.2) is 45.8 Å². The molecule has 0 aromatic heterocycles. The molecule has 3 atom stereocenters. The zero-order valence-electron chi connectivity index (χ0n) is 19.9. The fourth-order valence-corrected chi connectivity index (χ4v) is 5.13. The first-order valence-corrected chi connectivity index (χ1v) is 12.2. The van der Waals surface area contributed by atoms with Gasteiger partial charge in [-0.1, -0.05) is 18.5 Å². The van der Waals surface area contributed by atoms with Gasteiger partial charge in [0.1, 0.15) is 30.2 Å². The Labute approximate surface area is 209 Å². The Kier molecular flexibility index (Phi) is 7.86. The summed E-state index contributed by atoms with van der Waals surface area (Å²) in [5, 5.41) is 11.7. The highest BCUT2D eigenvalue weighted by Crippen LogP contribution is 2.31. The number of piperidine rings is 1. The van der Waals surface area contributed by atoms with Crippen LogP contribution in [0.2, 0.25) is 0 Å². The minimum absolute atomic E-state index is 0.111. The molecule has 4 rings (SSSR count). The minimum atomic E-state index is -0.493. The Morgan fingerprint density at radius 3 is 2.83 bits per heavy atom. The lowest BCUT2D eigenvalue weighted by atomic mass is 9.92. The average molecular weight is 506 g/mol. The first kappa shape index (κ1) is 25.3. The lowest BCUT2D eigenvalue weighted by molar-refractivity contribution is 0.0134. The van der Waals surface area contributed by atoms with E-state index in [1.807, 2.05) is 6.92 Å². The molecule has 188 valence electrons. The first-order valence-electron chi connectivity index (χ1n) is 11.8. The van der Waals surface area contributed by atoms with E-state index in [1.165, 1.54) is 29.3 Å². The van der Waals surface area contributed by atoms with Gasteiger partial charge >= 0.3 is 0 Å². The summed E-state index contributed by atoms with van der Waals surface area (Å²) in [4.78, 5) is 21.3. The first-order chi connectivity index (χ1) is 16.8. The SMILES string of the molecule is CCC1CC(Oc2cc(F)ccc2C(=O)N2CC(=N)/C(=C3/N=CC(Cl)=CN3)C2)CC(C)N1CCF. The van der Waals surface area contributed by atoms with Crippen molar-refractivity contribution >= 4 is 29.4 Å². The highest BCUT2D eigenvalue weighted by Gasteiger charge is 2.35. The summed E-state index contributed by atoms with van der Waals surface area (Å²) < 4.78 is 33.4. The second kappa shape index (κ2) is 10.9. The van der Waals surface area contributed by atoms with Crippen LogP contribution in [0.1, 0.15) is 43.5 Å². The van der Waals surface area contributed by atoms with E-state index in [-0.39, 0.29) is 54.2 Å². The van der Waals surface area contributed by atoms with Gasteiger partial charge in [-0.2, -0.15) is 0 Å². The number of nitrogens with one attached hydrogen (secondary N) is 2. The van der Waals surface area contributed by atoms with Crippen molar-refractivity contribution in [3.05, 3.63) is 52.2 Å². The quantitative estimate of drug-likeness (QED) is 0.605. The van der Waals surface area contributed by atoms with Gasteiger partial charge in [0.25, 0.3) is 5.91 Å². The van der Waals surface area contributed by atoms with Crippen LogP contribution in [0.3, 0.4) is 0 Å². The van der Waals surface area contributed by atoms with Crippen molar-refractivity contribution < 1.29 is 18.3 Å². The molecule has 0 radical (unpaired) electrons. The van der Waals surface area contributed by atoms with Crippen molar-refractivity contribution in [3.8, 4) is 5.75 Å². The molecule has 3 aliphatic heterocycles. The highest BCUT2D eigenvalue weighted by atomic mass is 35.5. The zero-order chi connectivity index (χ0) is 25.1. The average Bonchev–Trinajstić information content (AvgIpc) is 3.22. The normalized spacial score (nSPS) is 27.1. The van der Waals surface area contributed by atoms with Crippen molar-refractivity contribution in [1.82, 2.24) is 15.1 Å². The Bertz CT molecular complexity index is 1090. The topological polar surface area (TPSA) is 81.0 Å². The molecule has 0 spiro atoms. The summed E-state index contributed by atoms with van der Waals surface area (Å²) in [6.07, 6.45) is 5.02. The van der Waals surface area contributed by atoms with Crippen LogP contribution in [0.4, 0.5) is 8.78 Å². The van der Waals surface area contributed by atoms with E-state index in [9.17, 15) is 13.6 Å². The molecule has 7 nitrogen and oxygen atoms in total. The number of aliphatic imine (C=N–C) groups is 1. The van der Waals surface area contributed by atoms with Gasteiger partial charge in [-0.05, 0) is 38.3 Å². The molecule has 2 fully saturated rings. The van der Waals surface area contributed by atoms with E-state index in [1.54, 1.807) is 6.20 Å². The molecule has 0 bridgehead atoms. The van der Waals surface area contributed by atoms with Crippen LogP contribution >= 0.6 is 11.6 Å². The number of halogens is 3. The molecule has 2 saturated heterocycles. The van der Waals surface area contributed by atoms with E-state index >= 15 is 0 Å². The van der Waals surface area contributed by atoms with Crippen LogP contribution in [0.25, 0.3) is 0 Å². The molecule has 3 heterocycles. The van der Waals surface area contributed by atoms with Gasteiger partial charge in [-0.15, -0.1) is 0 Å². The monoisotopic (exact) mass is 505 g/mol. The molecule has 3 aliphatic rings. The fraction of sp³-hybridized carbons (Fsp3) is 0.480. The Balaban J connectivity index is 1.52. The van der Waals surface area contributed by atoms with Gasteiger partial charge in [0.2, 0.25) is 0 Å². The summed E-state index contributed by atoms with van der Waals surface area (Å²) in [6, 6.07) is 4.18. The van der Waals surface area contributed by atoms with Crippen LogP contribution in [-0.2, 0) is 0 Å². The van der Waals surface area contributed by atoms with Crippen LogP contribution in [0.5, 0.6) is 5.75 Å². The van der Waals surface area contributed by atoms with E-state index in [0.717, 1.165) is 6.42 Å². The van der Waals surface area contributed by atoms with Gasteiger partial charge in [0, 0.05) is 42.7 Å². The molecule has 3 unspecified atom stereocenters. The number of rotatable bonds is 6. The second-order valence-corrected chi connectivity index (χ2v) is 9.52. The maximum atomic E-state index is 14.2. The van der Waals surface area contributed by atoms with Gasteiger partial charge in [-0.3, -0.25) is 9.69 Å². The Morgan fingerprint density at radius 1 is 1.34 bits per heavy atom. The number of hydrogen-bond acceptors (Lipinski definition) is 6. The van der Waals surface area contributed by atoms with E-state index in [4.69, 9.17) is 21.7 Å². The molecule has 1 amide bonds. The third kappa shape index (κ3) is 5.56. The van der Waals surface area contributed by atoms with Crippen molar-refractivity contribution in [2.24, 2.45) is 4.99 Å². The lowest BCUT2D eigenvalue weighted by Crippen LogP contribution is -2.51. The smallest absolute Gasteiger partial charge is 0.258 e. The molecule has 2 N–H and O–H groups in total. The number of allylic oxidation sites excluding steroid dienone is 1. The largest absolute Gasteiger partial charge is 0.489 e. The number of ether oxygens (including phenoxy) is 1. The molecule has 1 aromatic carbocycles. The summed E-state index contributed by atoms with van der Waals surface area (Å²) in [6.45, 7) is 4.39. The number of likely N-dealkylation sites (tertiary alicyclic amines) is 2. The Hall–Kier alpha value is -2.78. The molecule has 35 heavy (non-hydrogen) atoms. The molecule has 10 heteroatoms. The van der Waals surface area contributed by atoms with Crippen molar-refractivity contribution in [1.29, 1.82) is 5.41 Å². The Morgan fingerprint density at radius 2 is 2.14 bits per heavy atom. The van der Waals surface area contributed by atoms with Crippen molar-refractivity contribution in [2.75, 3.05) is 26.3 Å². The van der Waals surface area contributed by atoms with Gasteiger partial charge in [0.15, 0.2) is 0 Å². The van der Waals surface area contributed by atoms with Gasteiger partial charge in [0.05, 0.1) is 29.4 Å². The van der Waals surface area contributed by atoms with Crippen LogP contribution in [0, 0.1) is 11.2 Å². The molecular formula is C25H30ClF2N5O2. The number of carbonyl (C=O) groups excluding carboxylic acids is 1. The third-order valence-electron chi connectivity index (χ3n) is 6.75. The van der Waals surface area contributed by atoms with E-state index < -0.39 is 12.5 Å². The zero-order valence-corrected chi connectivity index (χ0v) is 20.6. The second-order valence-electron chi connectivity index (χ2n) is 9.09. The summed E-state index contributed by atoms with van der Waals surface area (Å²) in [5.41, 5.74) is 1.12. The molecule has 0 aliphatic carbocycles. The van der Waals surface area contributed by atoms with Gasteiger partial charge < -0.3 is 20.4 Å². The molecule has 1 aromatic rings. The highest BCUT2D eigenvalue weighted by molar-refractivity contribution is 6.39. The van der Waals surface area contributed by atoms with Crippen LogP contribution in [-0.4, -0.2) is 72.1 Å². The summed E-state index contributed by atoms with van der Waals surface area (Å²) in [5.74, 6) is -0.168. The van der Waals surface area contributed by atoms with E-state index in [0.29, 0.717) is 35.8 Å². The predicted molar refractivity (Wildman–Crippen MR) is 132 cm³/mol. The number of hydrogen-bond donors (Lipinski definition) is 2. The molecule has 0 saturated carbocycles.